The standard InChI is InChI=1S/C15H18BrN3O2/c1-9(2)19-8-10(16)6-13(19)15(20)18-11-4-5-12(17)14(7-11)21-3/h4-9H,17H2,1-3H3,(H,18,20). The van der Waals surface area contributed by atoms with Crippen molar-refractivity contribution in [3.8, 4) is 5.75 Å². The van der Waals surface area contributed by atoms with Gasteiger partial charge in [-0.3, -0.25) is 4.79 Å². The zero-order chi connectivity index (χ0) is 15.6. The number of carbonyl (C=O) groups is 1. The number of nitrogens with two attached hydrogens (primary N) is 1. The number of hydrogen-bond donors (Lipinski definition) is 2. The Morgan fingerprint density at radius 2 is 2.10 bits per heavy atom. The van der Waals surface area contributed by atoms with Crippen molar-refractivity contribution < 1.29 is 9.53 Å². The number of hydrogen-bond acceptors (Lipinski definition) is 3. The molecule has 0 fully saturated rings. The van der Waals surface area contributed by atoms with Crippen molar-refractivity contribution in [2.45, 2.75) is 19.9 Å². The smallest absolute Gasteiger partial charge is 0.272 e. The molecule has 6 heteroatoms. The highest BCUT2D eigenvalue weighted by atomic mass is 79.9. The fraction of sp³-hybridized carbons (Fsp3) is 0.267. The van der Waals surface area contributed by atoms with E-state index in [0.29, 0.717) is 22.8 Å². The van der Waals surface area contributed by atoms with Crippen LogP contribution in [0.5, 0.6) is 5.75 Å². The fourth-order valence-electron chi connectivity index (χ4n) is 2.04. The molecule has 0 saturated carbocycles. The minimum absolute atomic E-state index is 0.179. The van der Waals surface area contributed by atoms with Crippen LogP contribution in [0.15, 0.2) is 34.9 Å². The van der Waals surface area contributed by atoms with E-state index in [1.807, 2.05) is 24.6 Å². The summed E-state index contributed by atoms with van der Waals surface area (Å²) in [5, 5.41) is 2.85. The maximum Gasteiger partial charge on any atom is 0.272 e. The van der Waals surface area contributed by atoms with E-state index in [0.717, 1.165) is 4.47 Å². The zero-order valence-corrected chi connectivity index (χ0v) is 13.8. The van der Waals surface area contributed by atoms with Gasteiger partial charge in [0.1, 0.15) is 11.4 Å². The first kappa shape index (κ1) is 15.4. The average Bonchev–Trinajstić information content (AvgIpc) is 2.83. The molecular weight excluding hydrogens is 334 g/mol. The van der Waals surface area contributed by atoms with Crippen molar-refractivity contribution in [2.24, 2.45) is 0 Å². The van der Waals surface area contributed by atoms with Crippen molar-refractivity contribution >= 4 is 33.2 Å². The lowest BCUT2D eigenvalue weighted by Gasteiger charge is -2.13. The third-order valence-electron chi connectivity index (χ3n) is 3.10. The van der Waals surface area contributed by atoms with Crippen molar-refractivity contribution in [3.63, 3.8) is 0 Å². The molecule has 0 bridgehead atoms. The number of halogens is 1. The van der Waals surface area contributed by atoms with Crippen LogP contribution >= 0.6 is 15.9 Å². The van der Waals surface area contributed by atoms with Crippen LogP contribution < -0.4 is 15.8 Å². The molecule has 3 N–H and O–H groups in total. The minimum Gasteiger partial charge on any atom is -0.495 e. The van der Waals surface area contributed by atoms with Crippen molar-refractivity contribution in [2.75, 3.05) is 18.2 Å². The van der Waals surface area contributed by atoms with Crippen molar-refractivity contribution in [3.05, 3.63) is 40.6 Å². The van der Waals surface area contributed by atoms with Crippen LogP contribution in [0.3, 0.4) is 0 Å². The van der Waals surface area contributed by atoms with E-state index in [1.54, 1.807) is 31.4 Å². The van der Waals surface area contributed by atoms with E-state index >= 15 is 0 Å². The molecular formula is C15H18BrN3O2. The Bertz CT molecular complexity index is 665. The summed E-state index contributed by atoms with van der Waals surface area (Å²) in [4.78, 5) is 12.4. The number of anilines is 2. The molecule has 0 atom stereocenters. The highest BCUT2D eigenvalue weighted by molar-refractivity contribution is 9.10. The van der Waals surface area contributed by atoms with E-state index in [1.165, 1.54) is 0 Å². The number of rotatable bonds is 4. The van der Waals surface area contributed by atoms with E-state index in [-0.39, 0.29) is 11.9 Å². The molecule has 2 aromatic rings. The van der Waals surface area contributed by atoms with Crippen LogP contribution in [0.2, 0.25) is 0 Å². The topological polar surface area (TPSA) is 69.3 Å². The number of methoxy groups -OCH3 is 1. The van der Waals surface area contributed by atoms with E-state index in [4.69, 9.17) is 10.5 Å². The van der Waals surface area contributed by atoms with E-state index in [9.17, 15) is 4.79 Å². The van der Waals surface area contributed by atoms with Crippen molar-refractivity contribution in [1.29, 1.82) is 0 Å². The summed E-state index contributed by atoms with van der Waals surface area (Å²) in [6.07, 6.45) is 1.89. The van der Waals surface area contributed by atoms with Crippen LogP contribution in [0.25, 0.3) is 0 Å². The Hall–Kier alpha value is -1.95. The van der Waals surface area contributed by atoms with Gasteiger partial charge in [0.25, 0.3) is 5.91 Å². The second kappa shape index (κ2) is 6.22. The third kappa shape index (κ3) is 3.39. The molecule has 21 heavy (non-hydrogen) atoms. The molecule has 0 aliphatic rings. The van der Waals surface area contributed by atoms with Crippen LogP contribution in [0, 0.1) is 0 Å². The predicted octanol–water partition coefficient (Wildman–Crippen LogP) is 3.67. The highest BCUT2D eigenvalue weighted by Gasteiger charge is 2.15. The van der Waals surface area contributed by atoms with Gasteiger partial charge >= 0.3 is 0 Å². The number of ether oxygens (including phenoxy) is 1. The fourth-order valence-corrected chi connectivity index (χ4v) is 2.48. The van der Waals surface area contributed by atoms with Gasteiger partial charge in [0.05, 0.1) is 12.8 Å². The molecule has 1 amide bonds. The number of amides is 1. The molecule has 0 spiro atoms. The van der Waals surface area contributed by atoms with Crippen LogP contribution in [0.4, 0.5) is 11.4 Å². The molecule has 2 rings (SSSR count). The minimum atomic E-state index is -0.179. The number of carbonyl (C=O) groups excluding carboxylic acids is 1. The average molecular weight is 352 g/mol. The van der Waals surface area contributed by atoms with Gasteiger partial charge in [0.2, 0.25) is 0 Å². The lowest BCUT2D eigenvalue weighted by Crippen LogP contribution is -2.17. The monoisotopic (exact) mass is 351 g/mol. The predicted molar refractivity (Wildman–Crippen MR) is 87.9 cm³/mol. The summed E-state index contributed by atoms with van der Waals surface area (Å²) in [6.45, 7) is 4.05. The number of aromatic nitrogens is 1. The largest absolute Gasteiger partial charge is 0.495 e. The molecule has 0 unspecified atom stereocenters. The molecule has 0 radical (unpaired) electrons. The molecule has 1 heterocycles. The Morgan fingerprint density at radius 3 is 2.71 bits per heavy atom. The Labute approximate surface area is 132 Å². The first-order valence-electron chi connectivity index (χ1n) is 6.54. The summed E-state index contributed by atoms with van der Waals surface area (Å²) >= 11 is 3.40. The first-order chi connectivity index (χ1) is 9.92. The first-order valence-corrected chi connectivity index (χ1v) is 7.34. The zero-order valence-electron chi connectivity index (χ0n) is 12.2. The van der Waals surface area contributed by atoms with Gasteiger partial charge in [-0.25, -0.2) is 0 Å². The summed E-state index contributed by atoms with van der Waals surface area (Å²) < 4.78 is 7.93. The Morgan fingerprint density at radius 1 is 1.38 bits per heavy atom. The summed E-state index contributed by atoms with van der Waals surface area (Å²) in [5.41, 5.74) is 7.52. The van der Waals surface area contributed by atoms with Gasteiger partial charge in [-0.05, 0) is 48.0 Å². The molecule has 5 nitrogen and oxygen atoms in total. The lowest BCUT2D eigenvalue weighted by molar-refractivity contribution is 0.101. The van der Waals surface area contributed by atoms with E-state index < -0.39 is 0 Å². The maximum atomic E-state index is 12.4. The number of benzene rings is 1. The normalized spacial score (nSPS) is 10.7. The second-order valence-corrected chi connectivity index (χ2v) is 5.87. The molecule has 0 aliphatic heterocycles. The van der Waals surface area contributed by atoms with Crippen LogP contribution in [-0.4, -0.2) is 17.6 Å². The van der Waals surface area contributed by atoms with Gasteiger partial charge in [0.15, 0.2) is 0 Å². The van der Waals surface area contributed by atoms with Crippen LogP contribution in [-0.2, 0) is 0 Å². The van der Waals surface area contributed by atoms with Gasteiger partial charge in [-0.2, -0.15) is 0 Å². The summed E-state index contributed by atoms with van der Waals surface area (Å²) in [6, 6.07) is 7.13. The summed E-state index contributed by atoms with van der Waals surface area (Å²) in [7, 11) is 1.54. The molecule has 1 aromatic heterocycles. The van der Waals surface area contributed by atoms with E-state index in [2.05, 4.69) is 21.2 Å². The Balaban J connectivity index is 2.26. The quantitative estimate of drug-likeness (QED) is 0.825. The lowest BCUT2D eigenvalue weighted by atomic mass is 10.2. The third-order valence-corrected chi connectivity index (χ3v) is 3.53. The maximum absolute atomic E-state index is 12.4. The molecule has 1 aromatic carbocycles. The van der Waals surface area contributed by atoms with Gasteiger partial charge in [-0.1, -0.05) is 0 Å². The second-order valence-electron chi connectivity index (χ2n) is 4.96. The van der Waals surface area contributed by atoms with Crippen molar-refractivity contribution in [1.82, 2.24) is 4.57 Å². The van der Waals surface area contributed by atoms with Crippen LogP contribution in [0.1, 0.15) is 30.4 Å². The summed E-state index contributed by atoms with van der Waals surface area (Å²) in [5.74, 6) is 0.356. The van der Waals surface area contributed by atoms with Gasteiger partial charge < -0.3 is 20.4 Å². The molecule has 112 valence electrons. The van der Waals surface area contributed by atoms with Gasteiger partial charge in [0, 0.05) is 28.5 Å². The Kier molecular flexibility index (Phi) is 4.57. The SMILES string of the molecule is COc1cc(NC(=O)c2cc(Br)cn2C(C)C)ccc1N. The number of nitrogens with one attached hydrogen (secondary N) is 1. The van der Waals surface area contributed by atoms with Gasteiger partial charge in [-0.15, -0.1) is 0 Å². The number of nitrogen functional groups attached to an aromatic ring is 1. The molecule has 0 aliphatic carbocycles. The number of nitrogens with zero attached hydrogens (tertiary/aromatic N) is 1. The highest BCUT2D eigenvalue weighted by Crippen LogP contribution is 2.26. The molecule has 0 saturated heterocycles.